The SMILES string of the molecule is N=NC(=N)c1cc(N)ccc1Nc1ccc(C(F)(F)F)cc1. The first kappa shape index (κ1) is 15.5. The van der Waals surface area contributed by atoms with Gasteiger partial charge in [-0.05, 0) is 42.5 Å². The minimum atomic E-state index is -4.39. The third-order valence-electron chi connectivity index (χ3n) is 2.90. The molecule has 2 aromatic carbocycles. The maximum Gasteiger partial charge on any atom is 0.416 e. The van der Waals surface area contributed by atoms with Gasteiger partial charge in [-0.25, -0.2) is 5.53 Å². The number of amidine groups is 1. The Kier molecular flexibility index (Phi) is 4.11. The molecule has 0 aliphatic carbocycles. The molecule has 0 fully saturated rings. The molecule has 0 amide bonds. The Bertz CT molecular complexity index is 707. The molecule has 2 aromatic rings. The lowest BCUT2D eigenvalue weighted by molar-refractivity contribution is -0.137. The first-order chi connectivity index (χ1) is 10.3. The Hall–Kier alpha value is -2.90. The molecule has 0 bridgehead atoms. The molecular formula is C14H12F3N5. The second-order valence-electron chi connectivity index (χ2n) is 4.47. The molecule has 114 valence electrons. The molecule has 0 aromatic heterocycles. The van der Waals surface area contributed by atoms with Gasteiger partial charge in [0.1, 0.15) is 0 Å². The zero-order chi connectivity index (χ0) is 16.3. The summed E-state index contributed by atoms with van der Waals surface area (Å²) in [5.74, 6) is -0.304. The van der Waals surface area contributed by atoms with Gasteiger partial charge in [-0.1, -0.05) is 0 Å². The van der Waals surface area contributed by atoms with Crippen LogP contribution >= 0.6 is 0 Å². The van der Waals surface area contributed by atoms with Gasteiger partial charge in [0.25, 0.3) is 0 Å². The van der Waals surface area contributed by atoms with Gasteiger partial charge in [-0.2, -0.15) is 13.2 Å². The maximum absolute atomic E-state index is 12.5. The number of nitrogens with two attached hydrogens (primary N) is 1. The van der Waals surface area contributed by atoms with E-state index < -0.39 is 11.7 Å². The van der Waals surface area contributed by atoms with E-state index in [0.29, 0.717) is 17.1 Å². The number of hydrogen-bond donors (Lipinski definition) is 4. The molecule has 0 spiro atoms. The minimum Gasteiger partial charge on any atom is -0.399 e. The molecule has 0 atom stereocenters. The molecule has 5 nitrogen and oxygen atoms in total. The molecule has 0 saturated heterocycles. The Labute approximate surface area is 124 Å². The van der Waals surface area contributed by atoms with Crippen molar-refractivity contribution >= 4 is 22.9 Å². The monoisotopic (exact) mass is 307 g/mol. The second kappa shape index (κ2) is 5.84. The fourth-order valence-electron chi connectivity index (χ4n) is 1.83. The van der Waals surface area contributed by atoms with Crippen molar-refractivity contribution in [2.75, 3.05) is 11.1 Å². The number of halogens is 3. The Balaban J connectivity index is 2.31. The van der Waals surface area contributed by atoms with E-state index in [2.05, 4.69) is 10.4 Å². The number of nitrogens with zero attached hydrogens (tertiary/aromatic N) is 1. The number of alkyl halides is 3. The fraction of sp³-hybridized carbons (Fsp3) is 0.0714. The Morgan fingerprint density at radius 3 is 2.27 bits per heavy atom. The van der Waals surface area contributed by atoms with Gasteiger partial charge < -0.3 is 11.1 Å². The number of nitrogen functional groups attached to an aromatic ring is 1. The van der Waals surface area contributed by atoms with Crippen LogP contribution in [-0.4, -0.2) is 5.84 Å². The van der Waals surface area contributed by atoms with Crippen LogP contribution in [0.25, 0.3) is 0 Å². The molecule has 5 N–H and O–H groups in total. The van der Waals surface area contributed by atoms with Crippen molar-refractivity contribution in [3.8, 4) is 0 Å². The van der Waals surface area contributed by atoms with Gasteiger partial charge >= 0.3 is 6.18 Å². The number of hydrogen-bond acceptors (Lipinski definition) is 4. The molecule has 0 heterocycles. The van der Waals surface area contributed by atoms with Crippen LogP contribution in [0.4, 0.5) is 30.2 Å². The molecule has 22 heavy (non-hydrogen) atoms. The predicted molar refractivity (Wildman–Crippen MR) is 77.6 cm³/mol. The van der Waals surface area contributed by atoms with Crippen molar-refractivity contribution < 1.29 is 13.2 Å². The fourth-order valence-corrected chi connectivity index (χ4v) is 1.83. The highest BCUT2D eigenvalue weighted by molar-refractivity contribution is 6.03. The number of benzene rings is 2. The third-order valence-corrected chi connectivity index (χ3v) is 2.90. The molecule has 0 unspecified atom stereocenters. The van der Waals surface area contributed by atoms with Crippen LogP contribution in [0.5, 0.6) is 0 Å². The molecule has 2 rings (SSSR count). The quantitative estimate of drug-likeness (QED) is 0.293. The first-order valence-corrected chi connectivity index (χ1v) is 6.11. The van der Waals surface area contributed by atoms with E-state index in [-0.39, 0.29) is 11.4 Å². The normalized spacial score (nSPS) is 11.0. The summed E-state index contributed by atoms with van der Waals surface area (Å²) in [6.45, 7) is 0. The molecule has 8 heteroatoms. The highest BCUT2D eigenvalue weighted by Crippen LogP contribution is 2.31. The molecule has 0 aliphatic heterocycles. The summed E-state index contributed by atoms with van der Waals surface area (Å²) in [7, 11) is 0. The molecular weight excluding hydrogens is 295 g/mol. The van der Waals surface area contributed by atoms with Crippen molar-refractivity contribution in [3.05, 3.63) is 53.6 Å². The van der Waals surface area contributed by atoms with Gasteiger partial charge in [0.2, 0.25) is 0 Å². The van der Waals surface area contributed by atoms with Crippen LogP contribution in [0.3, 0.4) is 0 Å². The van der Waals surface area contributed by atoms with E-state index in [9.17, 15) is 13.2 Å². The van der Waals surface area contributed by atoms with E-state index in [1.54, 1.807) is 12.1 Å². The highest BCUT2D eigenvalue weighted by Gasteiger charge is 2.29. The van der Waals surface area contributed by atoms with Gasteiger partial charge in [0, 0.05) is 22.6 Å². The average molecular weight is 307 g/mol. The summed E-state index contributed by atoms with van der Waals surface area (Å²) in [6.07, 6.45) is -4.39. The Morgan fingerprint density at radius 1 is 1.09 bits per heavy atom. The van der Waals surface area contributed by atoms with Crippen LogP contribution in [0.1, 0.15) is 11.1 Å². The maximum atomic E-state index is 12.5. The zero-order valence-corrected chi connectivity index (χ0v) is 11.2. The smallest absolute Gasteiger partial charge is 0.399 e. The van der Waals surface area contributed by atoms with Crippen LogP contribution in [0, 0.1) is 10.9 Å². The molecule has 0 aliphatic rings. The topological polar surface area (TPSA) is 98.1 Å². The summed E-state index contributed by atoms with van der Waals surface area (Å²) >= 11 is 0. The summed E-state index contributed by atoms with van der Waals surface area (Å²) in [5.41, 5.74) is 13.3. The summed E-state index contributed by atoms with van der Waals surface area (Å²) in [5, 5.41) is 13.5. The van der Waals surface area contributed by atoms with E-state index in [0.717, 1.165) is 12.1 Å². The lowest BCUT2D eigenvalue weighted by Crippen LogP contribution is -2.05. The number of anilines is 3. The van der Waals surface area contributed by atoms with Crippen LogP contribution in [0.15, 0.2) is 47.6 Å². The third kappa shape index (κ3) is 3.40. The van der Waals surface area contributed by atoms with Crippen molar-refractivity contribution in [2.45, 2.75) is 6.18 Å². The second-order valence-corrected chi connectivity index (χ2v) is 4.47. The zero-order valence-electron chi connectivity index (χ0n) is 11.2. The number of rotatable bonds is 3. The highest BCUT2D eigenvalue weighted by atomic mass is 19.4. The van der Waals surface area contributed by atoms with Gasteiger partial charge in [0.05, 0.1) is 5.56 Å². The van der Waals surface area contributed by atoms with Crippen LogP contribution in [-0.2, 0) is 6.18 Å². The largest absolute Gasteiger partial charge is 0.416 e. The first-order valence-electron chi connectivity index (χ1n) is 6.11. The van der Waals surface area contributed by atoms with E-state index in [1.807, 2.05) is 0 Å². The summed E-state index contributed by atoms with van der Waals surface area (Å²) in [4.78, 5) is 0. The van der Waals surface area contributed by atoms with Crippen molar-refractivity contribution in [2.24, 2.45) is 5.11 Å². The van der Waals surface area contributed by atoms with Gasteiger partial charge in [-0.15, -0.1) is 5.11 Å². The lowest BCUT2D eigenvalue weighted by Gasteiger charge is -2.13. The van der Waals surface area contributed by atoms with Crippen molar-refractivity contribution in [1.29, 1.82) is 10.9 Å². The molecule has 0 saturated carbocycles. The van der Waals surface area contributed by atoms with Gasteiger partial charge in [-0.3, -0.25) is 5.41 Å². The van der Waals surface area contributed by atoms with E-state index in [4.69, 9.17) is 16.7 Å². The minimum absolute atomic E-state index is 0.287. The van der Waals surface area contributed by atoms with Crippen LogP contribution < -0.4 is 11.1 Å². The predicted octanol–water partition coefficient (Wildman–Crippen LogP) is 4.39. The van der Waals surface area contributed by atoms with Crippen LogP contribution in [0.2, 0.25) is 0 Å². The summed E-state index contributed by atoms with van der Waals surface area (Å²) in [6, 6.07) is 9.09. The lowest BCUT2D eigenvalue weighted by atomic mass is 10.1. The van der Waals surface area contributed by atoms with Crippen molar-refractivity contribution in [1.82, 2.24) is 0 Å². The van der Waals surface area contributed by atoms with Crippen molar-refractivity contribution in [3.63, 3.8) is 0 Å². The average Bonchev–Trinajstić information content (AvgIpc) is 2.48. The Morgan fingerprint density at radius 2 is 1.73 bits per heavy atom. The molecule has 0 radical (unpaired) electrons. The van der Waals surface area contributed by atoms with E-state index in [1.165, 1.54) is 18.2 Å². The standard InChI is InChI=1S/C14H12F3N5/c15-14(16,17)8-1-4-10(5-2-8)21-12-6-3-9(18)7-11(12)13(19)22-20/h1-7,19-21H,18H2. The van der Waals surface area contributed by atoms with Gasteiger partial charge in [0.15, 0.2) is 5.84 Å². The number of nitrogens with one attached hydrogen (secondary N) is 3. The van der Waals surface area contributed by atoms with E-state index >= 15 is 0 Å². The summed E-state index contributed by atoms with van der Waals surface area (Å²) < 4.78 is 37.5.